The summed E-state index contributed by atoms with van der Waals surface area (Å²) in [6, 6.07) is 12.8. The lowest BCUT2D eigenvalue weighted by molar-refractivity contribution is -0.147. The number of halogens is 2. The first-order chi connectivity index (χ1) is 15.8. The van der Waals surface area contributed by atoms with E-state index in [-0.39, 0.29) is 11.4 Å². The van der Waals surface area contributed by atoms with Crippen LogP contribution in [-0.4, -0.2) is 41.7 Å². The van der Waals surface area contributed by atoms with Crippen molar-refractivity contribution in [3.05, 3.63) is 89.2 Å². The van der Waals surface area contributed by atoms with Gasteiger partial charge in [-0.3, -0.25) is 9.59 Å². The van der Waals surface area contributed by atoms with E-state index in [2.05, 4.69) is 10.3 Å². The molecule has 0 aliphatic carbocycles. The van der Waals surface area contributed by atoms with Crippen LogP contribution < -0.4 is 10.1 Å². The number of carbonyl (C=O) groups is 2. The number of amides is 1. The van der Waals surface area contributed by atoms with E-state index >= 15 is 0 Å². The van der Waals surface area contributed by atoms with E-state index in [4.69, 9.17) is 9.47 Å². The first-order valence-corrected chi connectivity index (χ1v) is 10.0. The molecule has 172 valence electrons. The summed E-state index contributed by atoms with van der Waals surface area (Å²) < 4.78 is 37.2. The van der Waals surface area contributed by atoms with Crippen LogP contribution in [0, 0.1) is 11.6 Å². The molecule has 0 aliphatic rings. The number of ether oxygens (including phenoxy) is 2. The van der Waals surface area contributed by atoms with Gasteiger partial charge in [0.15, 0.2) is 17.2 Å². The predicted octanol–water partition coefficient (Wildman–Crippen LogP) is 3.57. The predicted molar refractivity (Wildman–Crippen MR) is 115 cm³/mol. The monoisotopic (exact) mass is 456 g/mol. The lowest BCUT2D eigenvalue weighted by Crippen LogP contribution is -2.34. The van der Waals surface area contributed by atoms with Crippen LogP contribution in [-0.2, 0) is 9.53 Å². The number of nitrogens with zero attached hydrogens (tertiary/aromatic N) is 1. The summed E-state index contributed by atoms with van der Waals surface area (Å²) in [4.78, 5) is 28.5. The zero-order valence-corrected chi connectivity index (χ0v) is 17.9. The molecule has 0 aliphatic heterocycles. The molecule has 1 amide bonds. The summed E-state index contributed by atoms with van der Waals surface area (Å²) in [7, 11) is 1.33. The van der Waals surface area contributed by atoms with E-state index in [0.29, 0.717) is 11.1 Å². The zero-order chi connectivity index (χ0) is 24.0. The lowest BCUT2D eigenvalue weighted by Gasteiger charge is -2.25. The molecule has 3 aromatic rings. The Morgan fingerprint density at radius 3 is 2.06 bits per heavy atom. The van der Waals surface area contributed by atoms with E-state index < -0.39 is 47.8 Å². The van der Waals surface area contributed by atoms with E-state index in [1.165, 1.54) is 43.6 Å². The van der Waals surface area contributed by atoms with Crippen LogP contribution in [0.3, 0.4) is 0 Å². The van der Waals surface area contributed by atoms with Gasteiger partial charge in [-0.2, -0.15) is 0 Å². The molecule has 9 heteroatoms. The molecule has 0 saturated carbocycles. The van der Waals surface area contributed by atoms with Gasteiger partial charge in [-0.25, -0.2) is 13.8 Å². The number of hydrogen-bond donors (Lipinski definition) is 2. The van der Waals surface area contributed by atoms with E-state index in [0.717, 1.165) is 0 Å². The first-order valence-electron chi connectivity index (χ1n) is 10.0. The SMILES string of the molecule is COc1ccnc(C(=O)NCC(=O)O[C@@H](C)C(c2ccc(F)cc2)c2ccc(F)cc2)c1O. The molecule has 0 bridgehead atoms. The third kappa shape index (κ3) is 5.82. The Kier molecular flexibility index (Phi) is 7.55. The summed E-state index contributed by atoms with van der Waals surface area (Å²) in [5.74, 6) is -3.26. The van der Waals surface area contributed by atoms with Gasteiger partial charge in [-0.15, -0.1) is 0 Å². The summed E-state index contributed by atoms with van der Waals surface area (Å²) >= 11 is 0. The molecule has 3 rings (SSSR count). The molecule has 0 fully saturated rings. The maximum absolute atomic E-state index is 13.4. The van der Waals surface area contributed by atoms with Gasteiger partial charge in [0.25, 0.3) is 5.91 Å². The average Bonchev–Trinajstić information content (AvgIpc) is 2.80. The Morgan fingerprint density at radius 1 is 1.00 bits per heavy atom. The Labute approximate surface area is 189 Å². The van der Waals surface area contributed by atoms with Gasteiger partial charge in [0.2, 0.25) is 0 Å². The van der Waals surface area contributed by atoms with Crippen molar-refractivity contribution in [3.8, 4) is 11.5 Å². The van der Waals surface area contributed by atoms with Crippen molar-refractivity contribution in [2.45, 2.75) is 18.9 Å². The topological polar surface area (TPSA) is 97.8 Å². The maximum Gasteiger partial charge on any atom is 0.325 e. The minimum Gasteiger partial charge on any atom is -0.503 e. The van der Waals surface area contributed by atoms with E-state index in [1.54, 1.807) is 31.2 Å². The number of nitrogens with one attached hydrogen (secondary N) is 1. The Hall–Kier alpha value is -4.01. The summed E-state index contributed by atoms with van der Waals surface area (Å²) in [6.07, 6.45) is 0.554. The molecular formula is C24H22F2N2O5. The third-order valence-electron chi connectivity index (χ3n) is 4.96. The van der Waals surface area contributed by atoms with Crippen LogP contribution in [0.2, 0.25) is 0 Å². The van der Waals surface area contributed by atoms with Crippen LogP contribution >= 0.6 is 0 Å². The quantitative estimate of drug-likeness (QED) is 0.503. The zero-order valence-electron chi connectivity index (χ0n) is 17.9. The van der Waals surface area contributed by atoms with Crippen molar-refractivity contribution in [1.82, 2.24) is 10.3 Å². The molecule has 7 nitrogen and oxygen atoms in total. The molecule has 0 saturated heterocycles. The summed E-state index contributed by atoms with van der Waals surface area (Å²) in [6.45, 7) is 1.16. The Balaban J connectivity index is 1.70. The molecular weight excluding hydrogens is 434 g/mol. The number of pyridine rings is 1. The second kappa shape index (κ2) is 10.5. The first kappa shape index (κ1) is 23.6. The van der Waals surface area contributed by atoms with Crippen LogP contribution in [0.15, 0.2) is 60.8 Å². The van der Waals surface area contributed by atoms with Gasteiger partial charge in [-0.1, -0.05) is 24.3 Å². The number of aromatic hydroxyl groups is 1. The van der Waals surface area contributed by atoms with Crippen molar-refractivity contribution in [2.75, 3.05) is 13.7 Å². The van der Waals surface area contributed by atoms with Crippen molar-refractivity contribution in [3.63, 3.8) is 0 Å². The molecule has 0 unspecified atom stereocenters. The van der Waals surface area contributed by atoms with Crippen LogP contribution in [0.1, 0.15) is 34.5 Å². The Morgan fingerprint density at radius 2 is 1.55 bits per heavy atom. The number of benzene rings is 2. The molecule has 33 heavy (non-hydrogen) atoms. The van der Waals surface area contributed by atoms with Gasteiger partial charge < -0.3 is 19.9 Å². The second-order valence-corrected chi connectivity index (χ2v) is 7.17. The van der Waals surface area contributed by atoms with Gasteiger partial charge in [-0.05, 0) is 42.3 Å². The average molecular weight is 456 g/mol. The molecule has 0 spiro atoms. The summed E-state index contributed by atoms with van der Waals surface area (Å²) in [5, 5.41) is 12.4. The van der Waals surface area contributed by atoms with Gasteiger partial charge in [0, 0.05) is 18.2 Å². The molecule has 2 aromatic carbocycles. The van der Waals surface area contributed by atoms with Gasteiger partial charge in [0.1, 0.15) is 24.3 Å². The highest BCUT2D eigenvalue weighted by Gasteiger charge is 2.26. The highest BCUT2D eigenvalue weighted by Crippen LogP contribution is 2.30. The number of methoxy groups -OCH3 is 1. The van der Waals surface area contributed by atoms with Crippen molar-refractivity contribution in [1.29, 1.82) is 0 Å². The number of aromatic nitrogens is 1. The van der Waals surface area contributed by atoms with E-state index in [9.17, 15) is 23.5 Å². The summed E-state index contributed by atoms with van der Waals surface area (Å²) in [5.41, 5.74) is 1.03. The van der Waals surface area contributed by atoms with Crippen LogP contribution in [0.5, 0.6) is 11.5 Å². The van der Waals surface area contributed by atoms with Crippen molar-refractivity contribution < 1.29 is 33.0 Å². The second-order valence-electron chi connectivity index (χ2n) is 7.17. The minimum absolute atomic E-state index is 0.0628. The van der Waals surface area contributed by atoms with Crippen LogP contribution in [0.25, 0.3) is 0 Å². The highest BCUT2D eigenvalue weighted by atomic mass is 19.1. The molecule has 0 radical (unpaired) electrons. The molecule has 1 heterocycles. The number of rotatable bonds is 8. The fourth-order valence-corrected chi connectivity index (χ4v) is 3.40. The Bertz CT molecular complexity index is 1080. The number of hydrogen-bond acceptors (Lipinski definition) is 6. The number of carbonyl (C=O) groups excluding carboxylic acids is 2. The largest absolute Gasteiger partial charge is 0.503 e. The van der Waals surface area contributed by atoms with E-state index in [1.807, 2.05) is 0 Å². The fraction of sp³-hybridized carbons (Fsp3) is 0.208. The van der Waals surface area contributed by atoms with Crippen LogP contribution in [0.4, 0.5) is 8.78 Å². The maximum atomic E-state index is 13.4. The molecule has 1 aromatic heterocycles. The molecule has 1 atom stereocenters. The normalized spacial score (nSPS) is 11.7. The third-order valence-corrected chi connectivity index (χ3v) is 4.96. The standard InChI is InChI=1S/C24H22F2N2O5/c1-14(21(15-3-7-17(25)8-4-15)16-5-9-18(26)10-6-16)33-20(29)13-28-24(31)22-23(30)19(32-2)11-12-27-22/h3-12,14,21,30H,13H2,1-2H3,(H,28,31)/t14-/m0/s1. The van der Waals surface area contributed by atoms with Gasteiger partial charge >= 0.3 is 5.97 Å². The van der Waals surface area contributed by atoms with Crippen molar-refractivity contribution >= 4 is 11.9 Å². The highest BCUT2D eigenvalue weighted by molar-refractivity contribution is 5.97. The smallest absolute Gasteiger partial charge is 0.325 e. The minimum atomic E-state index is -0.787. The fourth-order valence-electron chi connectivity index (χ4n) is 3.40. The molecule has 2 N–H and O–H groups in total. The van der Waals surface area contributed by atoms with Crippen molar-refractivity contribution in [2.24, 2.45) is 0 Å². The number of esters is 1. The lowest BCUT2D eigenvalue weighted by atomic mass is 9.87. The van der Waals surface area contributed by atoms with Gasteiger partial charge in [0.05, 0.1) is 7.11 Å².